The Kier molecular flexibility index (Phi) is 4.16. The van der Waals surface area contributed by atoms with Gasteiger partial charge in [-0.05, 0) is 30.3 Å². The average Bonchev–Trinajstić information content (AvgIpc) is 2.56. The molecular formula is C17H11F3N2O2. The molecule has 3 rings (SSSR count). The molecule has 0 saturated heterocycles. The van der Waals surface area contributed by atoms with E-state index in [0.717, 1.165) is 16.7 Å². The Morgan fingerprint density at radius 3 is 2.42 bits per heavy atom. The van der Waals surface area contributed by atoms with Gasteiger partial charge in [0.1, 0.15) is 5.82 Å². The lowest BCUT2D eigenvalue weighted by atomic mass is 10.1. The molecule has 0 unspecified atom stereocenters. The highest BCUT2D eigenvalue weighted by Crippen LogP contribution is 2.13. The van der Waals surface area contributed by atoms with Crippen LogP contribution in [0.3, 0.4) is 0 Å². The minimum atomic E-state index is -1.14. The first-order valence-corrected chi connectivity index (χ1v) is 7.08. The fourth-order valence-corrected chi connectivity index (χ4v) is 2.31. The lowest BCUT2D eigenvalue weighted by Gasteiger charge is -2.07. The number of rotatable bonds is 4. The number of halogens is 3. The molecule has 0 spiro atoms. The molecule has 0 aliphatic heterocycles. The minimum Gasteiger partial charge on any atom is -0.298 e. The van der Waals surface area contributed by atoms with Gasteiger partial charge in [0.2, 0.25) is 0 Å². The van der Waals surface area contributed by atoms with E-state index < -0.39 is 23.0 Å². The molecule has 1 aromatic heterocycles. The lowest BCUT2D eigenvalue weighted by Crippen LogP contribution is -2.22. The van der Waals surface area contributed by atoms with E-state index in [4.69, 9.17) is 0 Å². The van der Waals surface area contributed by atoms with Crippen LogP contribution in [0.5, 0.6) is 0 Å². The Morgan fingerprint density at radius 1 is 1.04 bits per heavy atom. The summed E-state index contributed by atoms with van der Waals surface area (Å²) < 4.78 is 40.4. The summed E-state index contributed by atoms with van der Waals surface area (Å²) >= 11 is 0. The number of aryl methyl sites for hydroxylation is 1. The van der Waals surface area contributed by atoms with E-state index in [2.05, 4.69) is 4.98 Å². The quantitative estimate of drug-likeness (QED) is 0.690. The second-order valence-electron chi connectivity index (χ2n) is 5.21. The summed E-state index contributed by atoms with van der Waals surface area (Å²) in [6.07, 6.45) is 1.17. The number of carbonyl (C=O) groups is 1. The first-order chi connectivity index (χ1) is 11.5. The van der Waals surface area contributed by atoms with Gasteiger partial charge in [0.05, 0.1) is 17.2 Å². The molecule has 0 amide bonds. The van der Waals surface area contributed by atoms with Gasteiger partial charge in [0.25, 0.3) is 5.56 Å². The van der Waals surface area contributed by atoms with Gasteiger partial charge in [-0.15, -0.1) is 0 Å². The van der Waals surface area contributed by atoms with Crippen LogP contribution in [-0.2, 0) is 6.54 Å². The van der Waals surface area contributed by atoms with Crippen LogP contribution in [-0.4, -0.2) is 15.3 Å². The molecule has 0 bridgehead atoms. The number of aromatic nitrogens is 2. The highest BCUT2D eigenvalue weighted by atomic mass is 19.2. The second kappa shape index (κ2) is 6.27. The SMILES string of the molecule is O=C(CCn1cnc2cc(F)c(F)cc2c1=O)c1ccc(F)cc1. The zero-order chi connectivity index (χ0) is 17.3. The Labute approximate surface area is 134 Å². The van der Waals surface area contributed by atoms with E-state index in [0.29, 0.717) is 5.56 Å². The van der Waals surface area contributed by atoms with Crippen LogP contribution in [0.2, 0.25) is 0 Å². The maximum Gasteiger partial charge on any atom is 0.261 e. The van der Waals surface area contributed by atoms with Crippen molar-refractivity contribution in [2.75, 3.05) is 0 Å². The topological polar surface area (TPSA) is 52.0 Å². The van der Waals surface area contributed by atoms with Crippen molar-refractivity contribution >= 4 is 16.7 Å². The fourth-order valence-electron chi connectivity index (χ4n) is 2.31. The molecule has 0 fully saturated rings. The molecule has 24 heavy (non-hydrogen) atoms. The van der Waals surface area contributed by atoms with Crippen LogP contribution < -0.4 is 5.56 Å². The van der Waals surface area contributed by atoms with Crippen molar-refractivity contribution in [3.8, 4) is 0 Å². The molecule has 0 saturated carbocycles. The summed E-state index contributed by atoms with van der Waals surface area (Å²) in [6.45, 7) is 0.0248. The van der Waals surface area contributed by atoms with Crippen molar-refractivity contribution < 1.29 is 18.0 Å². The van der Waals surface area contributed by atoms with E-state index in [9.17, 15) is 22.8 Å². The number of hydrogen-bond donors (Lipinski definition) is 0. The predicted octanol–water partition coefficient (Wildman–Crippen LogP) is 3.09. The van der Waals surface area contributed by atoms with Crippen molar-refractivity contribution in [2.45, 2.75) is 13.0 Å². The minimum absolute atomic E-state index is 0.0115. The normalized spacial score (nSPS) is 11.0. The number of carbonyl (C=O) groups excluding carboxylic acids is 1. The van der Waals surface area contributed by atoms with Crippen molar-refractivity contribution in [1.29, 1.82) is 0 Å². The predicted molar refractivity (Wildman–Crippen MR) is 81.3 cm³/mol. The summed E-state index contributed by atoms with van der Waals surface area (Å²) in [5, 5.41) is -0.0642. The number of Topliss-reactive ketones (excluding diaryl/α,β-unsaturated/α-hetero) is 1. The second-order valence-corrected chi connectivity index (χ2v) is 5.21. The molecule has 0 atom stereocenters. The molecule has 2 aromatic carbocycles. The molecule has 122 valence electrons. The zero-order valence-electron chi connectivity index (χ0n) is 12.3. The van der Waals surface area contributed by atoms with Crippen LogP contribution in [0.1, 0.15) is 16.8 Å². The monoisotopic (exact) mass is 332 g/mol. The van der Waals surface area contributed by atoms with Crippen molar-refractivity contribution in [2.24, 2.45) is 0 Å². The van der Waals surface area contributed by atoms with E-state index in [1.54, 1.807) is 0 Å². The number of hydrogen-bond acceptors (Lipinski definition) is 3. The van der Waals surface area contributed by atoms with Crippen LogP contribution in [0.25, 0.3) is 10.9 Å². The summed E-state index contributed by atoms with van der Waals surface area (Å²) in [6, 6.07) is 6.70. The van der Waals surface area contributed by atoms with Gasteiger partial charge < -0.3 is 0 Å². The Hall–Kier alpha value is -2.96. The van der Waals surface area contributed by atoms with Crippen LogP contribution >= 0.6 is 0 Å². The lowest BCUT2D eigenvalue weighted by molar-refractivity contribution is 0.0976. The molecule has 7 heteroatoms. The van der Waals surface area contributed by atoms with E-state index in [1.165, 1.54) is 30.6 Å². The first kappa shape index (κ1) is 15.9. The van der Waals surface area contributed by atoms with Gasteiger partial charge in [-0.2, -0.15) is 0 Å². The van der Waals surface area contributed by atoms with Gasteiger partial charge >= 0.3 is 0 Å². The molecule has 1 heterocycles. The molecule has 0 aliphatic rings. The van der Waals surface area contributed by atoms with Crippen LogP contribution in [0, 0.1) is 17.5 Å². The third-order valence-electron chi connectivity index (χ3n) is 3.61. The van der Waals surface area contributed by atoms with Gasteiger partial charge in [-0.1, -0.05) is 0 Å². The third-order valence-corrected chi connectivity index (χ3v) is 3.61. The standard InChI is InChI=1S/C17H11F3N2O2/c18-11-3-1-10(2-4-11)16(23)5-6-22-9-21-15-8-14(20)13(19)7-12(15)17(22)24/h1-4,7-9H,5-6H2. The highest BCUT2D eigenvalue weighted by molar-refractivity contribution is 5.95. The first-order valence-electron chi connectivity index (χ1n) is 7.08. The summed E-state index contributed by atoms with van der Waals surface area (Å²) in [7, 11) is 0. The van der Waals surface area contributed by atoms with Crippen molar-refractivity contribution in [1.82, 2.24) is 9.55 Å². The molecule has 0 radical (unpaired) electrons. The Balaban J connectivity index is 1.84. The molecule has 3 aromatic rings. The molecule has 0 N–H and O–H groups in total. The van der Waals surface area contributed by atoms with E-state index in [-0.39, 0.29) is 29.7 Å². The van der Waals surface area contributed by atoms with Crippen molar-refractivity contribution in [3.05, 3.63) is 76.1 Å². The number of benzene rings is 2. The van der Waals surface area contributed by atoms with Gasteiger partial charge in [0.15, 0.2) is 17.4 Å². The molecular weight excluding hydrogens is 321 g/mol. The van der Waals surface area contributed by atoms with Gasteiger partial charge in [-0.25, -0.2) is 18.2 Å². The highest BCUT2D eigenvalue weighted by Gasteiger charge is 2.11. The summed E-state index contributed by atoms with van der Waals surface area (Å²) in [5.41, 5.74) is -0.197. The Bertz CT molecular complexity index is 982. The van der Waals surface area contributed by atoms with Crippen LogP contribution in [0.15, 0.2) is 47.5 Å². The average molecular weight is 332 g/mol. The maximum atomic E-state index is 13.3. The Morgan fingerprint density at radius 2 is 1.71 bits per heavy atom. The molecule has 0 aliphatic carbocycles. The van der Waals surface area contributed by atoms with E-state index >= 15 is 0 Å². The smallest absolute Gasteiger partial charge is 0.261 e. The van der Waals surface area contributed by atoms with E-state index in [1.807, 2.05) is 0 Å². The molecule has 4 nitrogen and oxygen atoms in total. The maximum absolute atomic E-state index is 13.3. The largest absolute Gasteiger partial charge is 0.298 e. The van der Waals surface area contributed by atoms with Crippen molar-refractivity contribution in [3.63, 3.8) is 0 Å². The van der Waals surface area contributed by atoms with Gasteiger partial charge in [-0.3, -0.25) is 14.2 Å². The third kappa shape index (κ3) is 3.05. The zero-order valence-corrected chi connectivity index (χ0v) is 12.3. The summed E-state index contributed by atoms with van der Waals surface area (Å²) in [4.78, 5) is 28.2. The fraction of sp³-hybridized carbons (Fsp3) is 0.118. The summed E-state index contributed by atoms with van der Waals surface area (Å²) in [5.74, 6) is -2.94. The van der Waals surface area contributed by atoms with Gasteiger partial charge in [0, 0.05) is 24.6 Å². The number of nitrogens with zero attached hydrogens (tertiary/aromatic N) is 2. The van der Waals surface area contributed by atoms with Crippen LogP contribution in [0.4, 0.5) is 13.2 Å². The number of fused-ring (bicyclic) bond motifs is 1. The number of ketones is 1.